The number of carbonyl (C=O) groups is 2. The molecule has 1 saturated carbocycles. The van der Waals surface area contributed by atoms with Gasteiger partial charge in [0.1, 0.15) is 5.75 Å². The van der Waals surface area contributed by atoms with Crippen molar-refractivity contribution in [3.05, 3.63) is 59.9 Å². The van der Waals surface area contributed by atoms with E-state index < -0.39 is 0 Å². The zero-order valence-electron chi connectivity index (χ0n) is 20.5. The molecule has 1 saturated heterocycles. The number of hydrogen-bond acceptors (Lipinski definition) is 4. The van der Waals surface area contributed by atoms with Crippen molar-refractivity contribution in [2.45, 2.75) is 57.4 Å². The van der Waals surface area contributed by atoms with Crippen molar-refractivity contribution in [2.24, 2.45) is 11.8 Å². The molecule has 2 amide bonds. The molecule has 6 heteroatoms. The first-order valence-electron chi connectivity index (χ1n) is 12.7. The third-order valence-corrected chi connectivity index (χ3v) is 7.66. The first kappa shape index (κ1) is 24.2. The van der Waals surface area contributed by atoms with Gasteiger partial charge in [-0.1, -0.05) is 31.4 Å². The number of pyridine rings is 1. The smallest absolute Gasteiger partial charge is 0.255 e. The van der Waals surface area contributed by atoms with Gasteiger partial charge in [-0.05, 0) is 67.9 Å². The lowest BCUT2D eigenvalue weighted by atomic mass is 9.83. The van der Waals surface area contributed by atoms with Crippen molar-refractivity contribution in [1.29, 1.82) is 0 Å². The molecular weight excluding hydrogens is 426 g/mol. The van der Waals surface area contributed by atoms with Gasteiger partial charge in [0.05, 0.1) is 12.7 Å². The molecule has 1 aromatic carbocycles. The Labute approximate surface area is 203 Å². The standard InChI is InChI=1S/C28H37N3O3/c1-30(27(32)24-11-7-15-29-20-24)26(19-21-8-6-12-25(18-21)34-2)22-13-16-31(17-14-22)28(33)23-9-4-3-5-10-23/h6-8,11-12,15,18,20,22-23,26H,3-5,9-10,13-14,16-17,19H2,1-2H3. The van der Waals surface area contributed by atoms with Crippen LogP contribution in [0.2, 0.25) is 0 Å². The predicted octanol–water partition coefficient (Wildman–Crippen LogP) is 4.59. The fourth-order valence-electron chi connectivity index (χ4n) is 5.62. The largest absolute Gasteiger partial charge is 0.497 e. The minimum absolute atomic E-state index is 0.0123. The molecule has 0 spiro atoms. The highest BCUT2D eigenvalue weighted by atomic mass is 16.5. The Balaban J connectivity index is 1.48. The molecule has 0 N–H and O–H groups in total. The molecule has 0 radical (unpaired) electrons. The van der Waals surface area contributed by atoms with Gasteiger partial charge in [0.15, 0.2) is 0 Å². The second kappa shape index (κ2) is 11.5. The Hall–Kier alpha value is -2.89. The Morgan fingerprint density at radius 1 is 1.09 bits per heavy atom. The van der Waals surface area contributed by atoms with Crippen LogP contribution in [0.5, 0.6) is 5.75 Å². The number of ether oxygens (including phenoxy) is 1. The number of nitrogens with zero attached hydrogens (tertiary/aromatic N) is 3. The molecule has 6 nitrogen and oxygen atoms in total. The maximum absolute atomic E-state index is 13.3. The first-order valence-corrected chi connectivity index (χ1v) is 12.7. The highest BCUT2D eigenvalue weighted by molar-refractivity contribution is 5.94. The lowest BCUT2D eigenvalue weighted by molar-refractivity contribution is -0.138. The van der Waals surface area contributed by atoms with E-state index in [0.717, 1.165) is 56.5 Å². The minimum atomic E-state index is -0.0123. The molecular formula is C28H37N3O3. The molecule has 1 aromatic heterocycles. The van der Waals surface area contributed by atoms with Crippen LogP contribution in [0, 0.1) is 11.8 Å². The molecule has 2 heterocycles. The number of amides is 2. The molecule has 0 bridgehead atoms. The second-order valence-corrected chi connectivity index (χ2v) is 9.78. The van der Waals surface area contributed by atoms with Crippen LogP contribution in [0.1, 0.15) is 60.9 Å². The average molecular weight is 464 g/mol. The van der Waals surface area contributed by atoms with Crippen LogP contribution in [-0.4, -0.2) is 59.9 Å². The van der Waals surface area contributed by atoms with Crippen molar-refractivity contribution in [2.75, 3.05) is 27.2 Å². The first-order chi connectivity index (χ1) is 16.6. The van der Waals surface area contributed by atoms with Gasteiger partial charge in [0, 0.05) is 44.5 Å². The van der Waals surface area contributed by atoms with Gasteiger partial charge in [0.2, 0.25) is 5.91 Å². The zero-order chi connectivity index (χ0) is 23.9. The van der Waals surface area contributed by atoms with Crippen LogP contribution < -0.4 is 4.74 Å². The number of carbonyl (C=O) groups excluding carboxylic acids is 2. The predicted molar refractivity (Wildman–Crippen MR) is 133 cm³/mol. The number of benzene rings is 1. The number of piperidine rings is 1. The van der Waals surface area contributed by atoms with E-state index in [9.17, 15) is 9.59 Å². The zero-order valence-corrected chi connectivity index (χ0v) is 20.5. The van der Waals surface area contributed by atoms with E-state index in [4.69, 9.17) is 4.74 Å². The Kier molecular flexibility index (Phi) is 8.20. The van der Waals surface area contributed by atoms with Crippen molar-refractivity contribution < 1.29 is 14.3 Å². The van der Waals surface area contributed by atoms with Crippen molar-refractivity contribution in [1.82, 2.24) is 14.8 Å². The average Bonchev–Trinajstić information content (AvgIpc) is 2.91. The summed E-state index contributed by atoms with van der Waals surface area (Å²) < 4.78 is 5.42. The molecule has 4 rings (SSSR count). The van der Waals surface area contributed by atoms with Crippen LogP contribution in [0.25, 0.3) is 0 Å². The van der Waals surface area contributed by atoms with Gasteiger partial charge in [-0.15, -0.1) is 0 Å². The normalized spacial score (nSPS) is 18.4. The molecule has 34 heavy (non-hydrogen) atoms. The third-order valence-electron chi connectivity index (χ3n) is 7.66. The number of rotatable bonds is 7. The summed E-state index contributed by atoms with van der Waals surface area (Å²) in [6.45, 7) is 1.56. The van der Waals surface area contributed by atoms with E-state index in [1.165, 1.54) is 19.3 Å². The lowest BCUT2D eigenvalue weighted by Crippen LogP contribution is -2.49. The molecule has 2 aliphatic rings. The van der Waals surface area contributed by atoms with E-state index in [2.05, 4.69) is 22.0 Å². The van der Waals surface area contributed by atoms with Gasteiger partial charge in [-0.3, -0.25) is 14.6 Å². The number of methoxy groups -OCH3 is 1. The van der Waals surface area contributed by atoms with Gasteiger partial charge in [0.25, 0.3) is 5.91 Å². The summed E-state index contributed by atoms with van der Waals surface area (Å²) in [5.41, 5.74) is 1.75. The summed E-state index contributed by atoms with van der Waals surface area (Å²) in [7, 11) is 3.58. The monoisotopic (exact) mass is 463 g/mol. The highest BCUT2D eigenvalue weighted by Gasteiger charge is 2.35. The van der Waals surface area contributed by atoms with Crippen molar-refractivity contribution in [3.63, 3.8) is 0 Å². The summed E-state index contributed by atoms with van der Waals surface area (Å²) in [6.07, 6.45) is 11.6. The van der Waals surface area contributed by atoms with E-state index in [0.29, 0.717) is 17.4 Å². The summed E-state index contributed by atoms with van der Waals surface area (Å²) in [4.78, 5) is 34.5. The Morgan fingerprint density at radius 2 is 1.85 bits per heavy atom. The van der Waals surface area contributed by atoms with Gasteiger partial charge in [-0.25, -0.2) is 0 Å². The minimum Gasteiger partial charge on any atom is -0.497 e. The second-order valence-electron chi connectivity index (χ2n) is 9.78. The fourth-order valence-corrected chi connectivity index (χ4v) is 5.62. The number of likely N-dealkylation sites (tertiary alicyclic amines) is 1. The molecule has 1 atom stereocenters. The lowest BCUT2D eigenvalue weighted by Gasteiger charge is -2.41. The van der Waals surface area contributed by atoms with Crippen LogP contribution in [-0.2, 0) is 11.2 Å². The molecule has 2 aromatic rings. The Morgan fingerprint density at radius 3 is 2.53 bits per heavy atom. The molecule has 2 fully saturated rings. The van der Waals surface area contributed by atoms with Gasteiger partial charge >= 0.3 is 0 Å². The summed E-state index contributed by atoms with van der Waals surface area (Å²) >= 11 is 0. The van der Waals surface area contributed by atoms with E-state index >= 15 is 0 Å². The summed E-state index contributed by atoms with van der Waals surface area (Å²) in [5, 5.41) is 0. The van der Waals surface area contributed by atoms with E-state index in [1.54, 1.807) is 25.6 Å². The highest BCUT2D eigenvalue weighted by Crippen LogP contribution is 2.31. The molecule has 182 valence electrons. The molecule has 1 unspecified atom stereocenters. The van der Waals surface area contributed by atoms with Crippen molar-refractivity contribution in [3.8, 4) is 5.75 Å². The number of likely N-dealkylation sites (N-methyl/N-ethyl adjacent to an activating group) is 1. The maximum atomic E-state index is 13.3. The molecule has 1 aliphatic carbocycles. The topological polar surface area (TPSA) is 62.7 Å². The van der Waals surface area contributed by atoms with Crippen molar-refractivity contribution >= 4 is 11.8 Å². The van der Waals surface area contributed by atoms with Crippen LogP contribution in [0.3, 0.4) is 0 Å². The Bertz CT molecular complexity index is 950. The van der Waals surface area contributed by atoms with Crippen LogP contribution in [0.4, 0.5) is 0 Å². The van der Waals surface area contributed by atoms with E-state index in [-0.39, 0.29) is 17.9 Å². The number of aromatic nitrogens is 1. The maximum Gasteiger partial charge on any atom is 0.255 e. The van der Waals surface area contributed by atoms with E-state index in [1.807, 2.05) is 30.1 Å². The van der Waals surface area contributed by atoms with Gasteiger partial charge in [-0.2, -0.15) is 0 Å². The third kappa shape index (κ3) is 5.78. The van der Waals surface area contributed by atoms with Gasteiger partial charge < -0.3 is 14.5 Å². The number of hydrogen-bond donors (Lipinski definition) is 0. The molecule has 1 aliphatic heterocycles. The van der Waals surface area contributed by atoms with Crippen LogP contribution >= 0.6 is 0 Å². The summed E-state index contributed by atoms with van der Waals surface area (Å²) in [6, 6.07) is 11.7. The summed E-state index contributed by atoms with van der Waals surface area (Å²) in [5.74, 6) is 1.70. The SMILES string of the molecule is COc1cccc(CC(C2CCN(C(=O)C3CCCCC3)CC2)N(C)C(=O)c2cccnc2)c1. The fraction of sp³-hybridized carbons (Fsp3) is 0.536. The van der Waals surface area contributed by atoms with Crippen LogP contribution in [0.15, 0.2) is 48.8 Å². The quantitative estimate of drug-likeness (QED) is 0.602.